The molecule has 40 heavy (non-hydrogen) atoms. The largest absolute Gasteiger partial charge is 0.493 e. The number of aromatic nitrogens is 4. The first-order chi connectivity index (χ1) is 19.3. The van der Waals surface area contributed by atoms with Crippen LogP contribution >= 0.6 is 0 Å². The maximum absolute atomic E-state index is 14.0. The quantitative estimate of drug-likeness (QED) is 0.287. The average molecular weight is 545 g/mol. The number of hydrogen-bond acceptors (Lipinski definition) is 7. The molecule has 0 aliphatic carbocycles. The number of hydrogen-bond donors (Lipinski definition) is 1. The Hall–Kier alpha value is -4.47. The summed E-state index contributed by atoms with van der Waals surface area (Å²) >= 11 is 0. The van der Waals surface area contributed by atoms with E-state index in [1.807, 2.05) is 69.3 Å². The molecular weight excluding hydrogens is 508 g/mol. The van der Waals surface area contributed by atoms with E-state index in [1.54, 1.807) is 42.3 Å². The van der Waals surface area contributed by atoms with Gasteiger partial charge in [-0.3, -0.25) is 14.6 Å². The van der Waals surface area contributed by atoms with Crippen molar-refractivity contribution in [3.63, 3.8) is 0 Å². The second-order valence-electron chi connectivity index (χ2n) is 10.2. The standard InChI is InChI=1S/C30H36N6O4/c1-6-30(2,3)32-29(38)28(22-10-9-16-31-19-22)35(17-15-21-13-14-25(39-4)26(18-21)40-5)27(37)20-36-24-12-8-7-11-23(24)33-34-36/h7-14,16,18-19,28H,6,15,17,20H2,1-5H3,(H,32,38)/t28-/m0/s1. The van der Waals surface area contributed by atoms with E-state index in [0.717, 1.165) is 17.5 Å². The molecule has 4 aromatic rings. The Bertz CT molecular complexity index is 1450. The van der Waals surface area contributed by atoms with Crippen LogP contribution < -0.4 is 14.8 Å². The molecule has 0 unspecified atom stereocenters. The Morgan fingerprint density at radius 2 is 1.82 bits per heavy atom. The van der Waals surface area contributed by atoms with Gasteiger partial charge in [-0.15, -0.1) is 5.10 Å². The van der Waals surface area contributed by atoms with Crippen LogP contribution in [0.25, 0.3) is 11.0 Å². The molecule has 10 nitrogen and oxygen atoms in total. The van der Waals surface area contributed by atoms with Crippen LogP contribution in [0.4, 0.5) is 0 Å². The van der Waals surface area contributed by atoms with Crippen molar-refractivity contribution in [2.45, 2.75) is 51.7 Å². The van der Waals surface area contributed by atoms with E-state index < -0.39 is 11.6 Å². The van der Waals surface area contributed by atoms with E-state index >= 15 is 0 Å². The molecule has 2 aromatic heterocycles. The van der Waals surface area contributed by atoms with Crippen molar-refractivity contribution in [1.29, 1.82) is 0 Å². The van der Waals surface area contributed by atoms with Crippen LogP contribution in [-0.4, -0.2) is 63.0 Å². The highest BCUT2D eigenvalue weighted by Crippen LogP contribution is 2.29. The van der Waals surface area contributed by atoms with Gasteiger partial charge in [0, 0.05) is 30.0 Å². The summed E-state index contributed by atoms with van der Waals surface area (Å²) in [6.07, 6.45) is 4.48. The topological polar surface area (TPSA) is 111 Å². The van der Waals surface area contributed by atoms with Crippen molar-refractivity contribution < 1.29 is 19.1 Å². The van der Waals surface area contributed by atoms with E-state index in [2.05, 4.69) is 20.6 Å². The molecule has 1 N–H and O–H groups in total. The molecule has 0 fully saturated rings. The molecule has 0 aliphatic heterocycles. The first-order valence-electron chi connectivity index (χ1n) is 13.3. The number of benzene rings is 2. The lowest BCUT2D eigenvalue weighted by molar-refractivity contribution is -0.142. The highest BCUT2D eigenvalue weighted by atomic mass is 16.5. The number of fused-ring (bicyclic) bond motifs is 1. The number of methoxy groups -OCH3 is 2. The summed E-state index contributed by atoms with van der Waals surface area (Å²) in [5, 5.41) is 11.5. The van der Waals surface area contributed by atoms with Gasteiger partial charge in [-0.05, 0) is 62.6 Å². The molecular formula is C30H36N6O4. The minimum absolute atomic E-state index is 0.0757. The monoisotopic (exact) mass is 544 g/mol. The van der Waals surface area contributed by atoms with E-state index in [0.29, 0.717) is 29.0 Å². The predicted octanol–water partition coefficient (Wildman–Crippen LogP) is 3.96. The number of amides is 2. The van der Waals surface area contributed by atoms with E-state index in [9.17, 15) is 9.59 Å². The average Bonchev–Trinajstić information content (AvgIpc) is 3.37. The molecule has 210 valence electrons. The minimum atomic E-state index is -0.901. The first-order valence-corrected chi connectivity index (χ1v) is 13.3. The number of rotatable bonds is 12. The first kappa shape index (κ1) is 28.5. The number of nitrogens with one attached hydrogen (secondary N) is 1. The lowest BCUT2D eigenvalue weighted by Crippen LogP contribution is -2.51. The zero-order valence-corrected chi connectivity index (χ0v) is 23.6. The van der Waals surface area contributed by atoms with Gasteiger partial charge in [0.2, 0.25) is 11.8 Å². The fourth-order valence-corrected chi connectivity index (χ4v) is 4.44. The number of ether oxygens (including phenoxy) is 2. The predicted molar refractivity (Wildman–Crippen MR) is 152 cm³/mol. The number of carbonyl (C=O) groups excluding carboxylic acids is 2. The van der Waals surface area contributed by atoms with Crippen LogP contribution in [0.5, 0.6) is 11.5 Å². The second kappa shape index (κ2) is 12.6. The molecule has 10 heteroatoms. The van der Waals surface area contributed by atoms with Crippen LogP contribution in [0.2, 0.25) is 0 Å². The van der Waals surface area contributed by atoms with Crippen LogP contribution in [0.15, 0.2) is 67.0 Å². The van der Waals surface area contributed by atoms with E-state index in [1.165, 1.54) is 0 Å². The Balaban J connectivity index is 1.71. The third-order valence-electron chi connectivity index (χ3n) is 7.02. The van der Waals surface area contributed by atoms with Gasteiger partial charge in [0.05, 0.1) is 19.7 Å². The van der Waals surface area contributed by atoms with Crippen LogP contribution in [-0.2, 0) is 22.6 Å². The fourth-order valence-electron chi connectivity index (χ4n) is 4.44. The van der Waals surface area contributed by atoms with Crippen molar-refractivity contribution >= 4 is 22.8 Å². The number of carbonyl (C=O) groups is 2. The number of nitrogens with zero attached hydrogens (tertiary/aromatic N) is 5. The van der Waals surface area contributed by atoms with Gasteiger partial charge in [0.15, 0.2) is 11.5 Å². The van der Waals surface area contributed by atoms with Crippen molar-refractivity contribution in [2.75, 3.05) is 20.8 Å². The second-order valence-corrected chi connectivity index (χ2v) is 10.2. The third-order valence-corrected chi connectivity index (χ3v) is 7.02. The summed E-state index contributed by atoms with van der Waals surface area (Å²) in [4.78, 5) is 33.8. The molecule has 0 aliphatic rings. The highest BCUT2D eigenvalue weighted by Gasteiger charge is 2.34. The van der Waals surface area contributed by atoms with Gasteiger partial charge in [0.25, 0.3) is 0 Å². The lowest BCUT2D eigenvalue weighted by Gasteiger charge is -2.34. The maximum Gasteiger partial charge on any atom is 0.247 e. The molecule has 0 saturated heterocycles. The molecule has 1 atom stereocenters. The molecule has 4 rings (SSSR count). The summed E-state index contributed by atoms with van der Waals surface area (Å²) in [5.41, 5.74) is 2.53. The zero-order chi connectivity index (χ0) is 28.7. The van der Waals surface area contributed by atoms with Crippen LogP contribution in [0, 0.1) is 0 Å². The molecule has 2 amide bonds. The summed E-state index contributed by atoms with van der Waals surface area (Å²) in [7, 11) is 3.17. The Labute approximate surface area is 234 Å². The van der Waals surface area contributed by atoms with Gasteiger partial charge < -0.3 is 19.7 Å². The van der Waals surface area contributed by atoms with Gasteiger partial charge in [-0.2, -0.15) is 0 Å². The highest BCUT2D eigenvalue weighted by molar-refractivity contribution is 5.89. The fraction of sp³-hybridized carbons (Fsp3) is 0.367. The van der Waals surface area contributed by atoms with E-state index in [-0.39, 0.29) is 24.9 Å². The molecule has 0 radical (unpaired) electrons. The van der Waals surface area contributed by atoms with E-state index in [4.69, 9.17) is 9.47 Å². The maximum atomic E-state index is 14.0. The Morgan fingerprint density at radius 1 is 1.05 bits per heavy atom. The molecule has 0 bridgehead atoms. The van der Waals surface area contributed by atoms with Crippen molar-refractivity contribution in [3.05, 3.63) is 78.1 Å². The molecule has 2 aromatic carbocycles. The third kappa shape index (κ3) is 6.56. The van der Waals surface area contributed by atoms with Crippen LogP contribution in [0.1, 0.15) is 44.4 Å². The zero-order valence-electron chi connectivity index (χ0n) is 23.6. The minimum Gasteiger partial charge on any atom is -0.493 e. The van der Waals surface area contributed by atoms with Crippen molar-refractivity contribution in [1.82, 2.24) is 30.2 Å². The van der Waals surface area contributed by atoms with Gasteiger partial charge >= 0.3 is 0 Å². The van der Waals surface area contributed by atoms with Crippen molar-refractivity contribution in [2.24, 2.45) is 0 Å². The smallest absolute Gasteiger partial charge is 0.247 e. The Morgan fingerprint density at radius 3 is 2.52 bits per heavy atom. The molecule has 0 spiro atoms. The summed E-state index contributed by atoms with van der Waals surface area (Å²) in [6, 6.07) is 15.8. The summed E-state index contributed by atoms with van der Waals surface area (Å²) in [5.74, 6) is 0.670. The lowest BCUT2D eigenvalue weighted by atomic mass is 9.99. The number of para-hydroxylation sites is 1. The normalized spacial score (nSPS) is 12.1. The Kier molecular flexibility index (Phi) is 8.98. The SMILES string of the molecule is CCC(C)(C)NC(=O)[C@H](c1cccnc1)N(CCc1ccc(OC)c(OC)c1)C(=O)Cn1nnc2ccccc21. The number of pyridine rings is 1. The van der Waals surface area contributed by atoms with Gasteiger partial charge in [-0.25, -0.2) is 4.68 Å². The summed E-state index contributed by atoms with van der Waals surface area (Å²) in [6.45, 7) is 6.12. The summed E-state index contributed by atoms with van der Waals surface area (Å²) < 4.78 is 12.4. The van der Waals surface area contributed by atoms with Crippen LogP contribution in [0.3, 0.4) is 0 Å². The van der Waals surface area contributed by atoms with Gasteiger partial charge in [0.1, 0.15) is 18.1 Å². The van der Waals surface area contributed by atoms with Crippen molar-refractivity contribution in [3.8, 4) is 11.5 Å². The van der Waals surface area contributed by atoms with Gasteiger partial charge in [-0.1, -0.05) is 36.4 Å². The molecule has 0 saturated carbocycles. The molecule has 2 heterocycles.